The third kappa shape index (κ3) is 6.41. The molecule has 0 saturated heterocycles. The van der Waals surface area contributed by atoms with Gasteiger partial charge in [0.2, 0.25) is 11.7 Å². The van der Waals surface area contributed by atoms with Gasteiger partial charge in [0.1, 0.15) is 11.5 Å². The number of methoxy groups -OCH3 is 5. The lowest BCUT2D eigenvalue weighted by atomic mass is 10.0. The zero-order chi connectivity index (χ0) is 27.9. The standard InChI is InChI=1S/C29H31N3O7.ClH/c1-34-20-9-6-17(7-10-20)12-22(30)29(33)32-23-13-18(8-11-24(23)35-2)21-16-31-39-27(21)19-14-25(36-3)28(38-5)26(15-19)37-4;/h6-11,13-16,22H,12,30H2,1-5H3,(H,32,33);1H. The summed E-state index contributed by atoms with van der Waals surface area (Å²) in [5.41, 5.74) is 9.69. The van der Waals surface area contributed by atoms with Crippen molar-refractivity contribution in [3.63, 3.8) is 0 Å². The average molecular weight is 570 g/mol. The minimum atomic E-state index is -0.780. The Kier molecular flexibility index (Phi) is 10.2. The fraction of sp³-hybridized carbons (Fsp3) is 0.241. The number of nitrogens with two attached hydrogens (primary N) is 1. The summed E-state index contributed by atoms with van der Waals surface area (Å²) in [7, 11) is 7.75. The van der Waals surface area contributed by atoms with E-state index in [1.807, 2.05) is 30.3 Å². The van der Waals surface area contributed by atoms with E-state index in [1.54, 1.807) is 51.8 Å². The van der Waals surface area contributed by atoms with Gasteiger partial charge in [0, 0.05) is 11.1 Å². The monoisotopic (exact) mass is 569 g/mol. The number of carbonyl (C=O) groups excluding carboxylic acids is 1. The maximum absolute atomic E-state index is 13.0. The Labute approximate surface area is 238 Å². The van der Waals surface area contributed by atoms with Crippen molar-refractivity contribution >= 4 is 24.0 Å². The molecule has 0 saturated carbocycles. The molecule has 0 bridgehead atoms. The van der Waals surface area contributed by atoms with Crippen molar-refractivity contribution < 1.29 is 33.0 Å². The molecule has 3 N–H and O–H groups in total. The highest BCUT2D eigenvalue weighted by atomic mass is 35.5. The average Bonchev–Trinajstić information content (AvgIpc) is 3.46. The molecular formula is C29H32ClN3O7. The molecule has 40 heavy (non-hydrogen) atoms. The number of aromatic nitrogens is 1. The lowest BCUT2D eigenvalue weighted by Crippen LogP contribution is -2.37. The number of hydrogen-bond donors (Lipinski definition) is 2. The molecule has 4 rings (SSSR count). The van der Waals surface area contributed by atoms with E-state index in [0.29, 0.717) is 52.0 Å². The first-order chi connectivity index (χ1) is 18.9. The molecule has 1 heterocycles. The van der Waals surface area contributed by atoms with Gasteiger partial charge in [0.05, 0.1) is 53.5 Å². The Hall–Kier alpha value is -4.41. The van der Waals surface area contributed by atoms with Crippen LogP contribution in [0.3, 0.4) is 0 Å². The van der Waals surface area contributed by atoms with Crippen LogP contribution in [0.2, 0.25) is 0 Å². The molecule has 0 radical (unpaired) electrons. The Morgan fingerprint density at radius 2 is 1.50 bits per heavy atom. The molecule has 0 spiro atoms. The molecular weight excluding hydrogens is 538 g/mol. The maximum Gasteiger partial charge on any atom is 0.241 e. The molecule has 212 valence electrons. The molecule has 10 nitrogen and oxygen atoms in total. The second-order valence-electron chi connectivity index (χ2n) is 8.55. The Bertz CT molecular complexity index is 1420. The molecule has 11 heteroatoms. The highest BCUT2D eigenvalue weighted by Gasteiger charge is 2.21. The van der Waals surface area contributed by atoms with E-state index in [1.165, 1.54) is 14.2 Å². The molecule has 3 aromatic carbocycles. The van der Waals surface area contributed by atoms with Crippen LogP contribution in [0.25, 0.3) is 22.5 Å². The third-order valence-electron chi connectivity index (χ3n) is 6.22. The highest BCUT2D eigenvalue weighted by Crippen LogP contribution is 2.44. The zero-order valence-corrected chi connectivity index (χ0v) is 23.7. The summed E-state index contributed by atoms with van der Waals surface area (Å²) >= 11 is 0. The largest absolute Gasteiger partial charge is 0.497 e. The summed E-state index contributed by atoms with van der Waals surface area (Å²) in [4.78, 5) is 13.0. The number of amides is 1. The normalized spacial score (nSPS) is 11.2. The number of nitrogens with zero attached hydrogens (tertiary/aromatic N) is 1. The van der Waals surface area contributed by atoms with Crippen LogP contribution in [0, 0.1) is 0 Å². The molecule has 1 atom stereocenters. The Morgan fingerprint density at radius 3 is 2.08 bits per heavy atom. The second-order valence-corrected chi connectivity index (χ2v) is 8.55. The molecule has 0 aliphatic heterocycles. The molecule has 1 aromatic heterocycles. The minimum absolute atomic E-state index is 0. The van der Waals surface area contributed by atoms with E-state index >= 15 is 0 Å². The number of anilines is 1. The molecule has 4 aromatic rings. The molecule has 1 unspecified atom stereocenters. The second kappa shape index (κ2) is 13.6. The number of benzene rings is 3. The predicted octanol–water partition coefficient (Wildman–Crippen LogP) is 4.98. The van der Waals surface area contributed by atoms with Crippen LogP contribution in [-0.4, -0.2) is 52.7 Å². The first kappa shape index (κ1) is 30.1. The van der Waals surface area contributed by atoms with Crippen LogP contribution >= 0.6 is 12.4 Å². The number of carbonyl (C=O) groups is 1. The number of nitrogens with one attached hydrogen (secondary N) is 1. The Morgan fingerprint density at radius 1 is 0.850 bits per heavy atom. The lowest BCUT2D eigenvalue weighted by Gasteiger charge is -2.16. The summed E-state index contributed by atoms with van der Waals surface area (Å²) in [6, 6.07) is 15.6. The van der Waals surface area contributed by atoms with Crippen LogP contribution in [0.4, 0.5) is 5.69 Å². The van der Waals surface area contributed by atoms with Crippen LogP contribution in [0.1, 0.15) is 5.56 Å². The van der Waals surface area contributed by atoms with Gasteiger partial charge in [-0.2, -0.15) is 0 Å². The lowest BCUT2D eigenvalue weighted by molar-refractivity contribution is -0.117. The number of hydrogen-bond acceptors (Lipinski definition) is 9. The molecule has 0 fully saturated rings. The van der Waals surface area contributed by atoms with Crippen molar-refractivity contribution in [1.29, 1.82) is 0 Å². The minimum Gasteiger partial charge on any atom is -0.497 e. The third-order valence-corrected chi connectivity index (χ3v) is 6.22. The quantitative estimate of drug-likeness (QED) is 0.257. The first-order valence-corrected chi connectivity index (χ1v) is 12.0. The van der Waals surface area contributed by atoms with Crippen LogP contribution in [-0.2, 0) is 11.2 Å². The topological polar surface area (TPSA) is 127 Å². The van der Waals surface area contributed by atoms with Crippen LogP contribution in [0.5, 0.6) is 28.7 Å². The zero-order valence-electron chi connectivity index (χ0n) is 22.8. The van der Waals surface area contributed by atoms with E-state index in [4.69, 9.17) is 33.9 Å². The van der Waals surface area contributed by atoms with Crippen molar-refractivity contribution in [3.05, 3.63) is 66.4 Å². The summed E-state index contributed by atoms with van der Waals surface area (Å²) in [5.74, 6) is 2.76. The number of rotatable bonds is 11. The maximum atomic E-state index is 13.0. The van der Waals surface area contributed by atoms with E-state index in [0.717, 1.165) is 16.9 Å². The van der Waals surface area contributed by atoms with Gasteiger partial charge in [-0.05, 0) is 53.9 Å². The molecule has 1 amide bonds. The van der Waals surface area contributed by atoms with Gasteiger partial charge in [0.15, 0.2) is 17.3 Å². The predicted molar refractivity (Wildman–Crippen MR) is 154 cm³/mol. The first-order valence-electron chi connectivity index (χ1n) is 12.0. The summed E-state index contributed by atoms with van der Waals surface area (Å²) < 4.78 is 32.7. The van der Waals surface area contributed by atoms with Gasteiger partial charge >= 0.3 is 0 Å². The van der Waals surface area contributed by atoms with E-state index in [9.17, 15) is 4.79 Å². The fourth-order valence-corrected chi connectivity index (χ4v) is 4.17. The van der Waals surface area contributed by atoms with E-state index in [-0.39, 0.29) is 18.3 Å². The van der Waals surface area contributed by atoms with Crippen molar-refractivity contribution in [2.75, 3.05) is 40.9 Å². The summed E-state index contributed by atoms with van der Waals surface area (Å²) in [6.07, 6.45) is 1.95. The van der Waals surface area contributed by atoms with Gasteiger partial charge in [-0.25, -0.2) is 0 Å². The van der Waals surface area contributed by atoms with Gasteiger partial charge in [-0.1, -0.05) is 23.4 Å². The SMILES string of the molecule is COc1ccc(CC(N)C(=O)Nc2cc(-c3cnoc3-c3cc(OC)c(OC)c(OC)c3)ccc2OC)cc1.Cl. The Balaban J connectivity index is 0.00000441. The van der Waals surface area contributed by atoms with Gasteiger partial charge < -0.3 is 39.3 Å². The molecule has 0 aliphatic carbocycles. The van der Waals surface area contributed by atoms with Gasteiger partial charge in [-0.15, -0.1) is 12.4 Å². The fourth-order valence-electron chi connectivity index (χ4n) is 4.17. The summed E-state index contributed by atoms with van der Waals surface area (Å²) in [5, 5.41) is 6.91. The van der Waals surface area contributed by atoms with Gasteiger partial charge in [-0.3, -0.25) is 4.79 Å². The van der Waals surface area contributed by atoms with Crippen LogP contribution in [0.15, 0.2) is 65.3 Å². The van der Waals surface area contributed by atoms with Crippen molar-refractivity contribution in [3.8, 4) is 51.2 Å². The van der Waals surface area contributed by atoms with Crippen LogP contribution < -0.4 is 34.7 Å². The van der Waals surface area contributed by atoms with Crippen molar-refractivity contribution in [2.24, 2.45) is 5.73 Å². The van der Waals surface area contributed by atoms with E-state index < -0.39 is 6.04 Å². The van der Waals surface area contributed by atoms with Gasteiger partial charge in [0.25, 0.3) is 0 Å². The van der Waals surface area contributed by atoms with Crippen molar-refractivity contribution in [2.45, 2.75) is 12.5 Å². The highest BCUT2D eigenvalue weighted by molar-refractivity contribution is 5.97. The van der Waals surface area contributed by atoms with E-state index in [2.05, 4.69) is 10.5 Å². The number of ether oxygens (including phenoxy) is 5. The number of halogens is 1. The molecule has 0 aliphatic rings. The smallest absolute Gasteiger partial charge is 0.241 e. The summed E-state index contributed by atoms with van der Waals surface area (Å²) in [6.45, 7) is 0. The van der Waals surface area contributed by atoms with Crippen molar-refractivity contribution in [1.82, 2.24) is 5.16 Å².